The Kier molecular flexibility index (Phi) is 3.47. The van der Waals surface area contributed by atoms with Gasteiger partial charge in [-0.25, -0.2) is 0 Å². The minimum atomic E-state index is -0.241. The molecule has 3 heteroatoms. The summed E-state index contributed by atoms with van der Waals surface area (Å²) >= 11 is 0. The largest absolute Gasteiger partial charge is 0.497 e. The van der Waals surface area contributed by atoms with E-state index >= 15 is 0 Å². The van der Waals surface area contributed by atoms with Crippen LogP contribution in [0.5, 0.6) is 5.75 Å². The van der Waals surface area contributed by atoms with Crippen molar-refractivity contribution in [2.24, 2.45) is 0 Å². The number of allylic oxidation sites excluding steroid dienone is 1. The number of ether oxygens (including phenoxy) is 2. The van der Waals surface area contributed by atoms with Crippen LogP contribution in [0.4, 0.5) is 0 Å². The number of hydrogen-bond donors (Lipinski definition) is 0. The topological polar surface area (TPSA) is 35.5 Å². The Labute approximate surface area is 101 Å². The Morgan fingerprint density at radius 2 is 2.24 bits per heavy atom. The SMILES string of the molecule is COc1ccc2c(c1)CC/C2=C\COC(C)=O. The molecule has 0 radical (unpaired) electrons. The molecule has 0 saturated heterocycles. The van der Waals surface area contributed by atoms with E-state index in [2.05, 4.69) is 12.1 Å². The summed E-state index contributed by atoms with van der Waals surface area (Å²) in [4.78, 5) is 10.7. The van der Waals surface area contributed by atoms with Gasteiger partial charge in [-0.2, -0.15) is 0 Å². The average Bonchev–Trinajstić information content (AvgIpc) is 2.71. The van der Waals surface area contributed by atoms with Crippen LogP contribution in [0, 0.1) is 0 Å². The molecule has 0 spiro atoms. The summed E-state index contributed by atoms with van der Waals surface area (Å²) in [5.74, 6) is 0.653. The molecule has 0 aromatic heterocycles. The van der Waals surface area contributed by atoms with E-state index in [-0.39, 0.29) is 5.97 Å². The number of hydrogen-bond acceptors (Lipinski definition) is 3. The first kappa shape index (κ1) is 11.7. The van der Waals surface area contributed by atoms with Crippen molar-refractivity contribution in [3.05, 3.63) is 35.4 Å². The van der Waals surface area contributed by atoms with Gasteiger partial charge in [0.1, 0.15) is 12.4 Å². The molecule has 1 aromatic rings. The maximum atomic E-state index is 10.7. The molecule has 0 saturated carbocycles. The van der Waals surface area contributed by atoms with Gasteiger partial charge in [0.05, 0.1) is 7.11 Å². The van der Waals surface area contributed by atoms with Gasteiger partial charge < -0.3 is 9.47 Å². The van der Waals surface area contributed by atoms with Crippen LogP contribution in [-0.4, -0.2) is 19.7 Å². The van der Waals surface area contributed by atoms with Crippen molar-refractivity contribution < 1.29 is 14.3 Å². The molecular weight excluding hydrogens is 216 g/mol. The lowest BCUT2D eigenvalue weighted by atomic mass is 10.1. The van der Waals surface area contributed by atoms with Crippen molar-refractivity contribution in [3.63, 3.8) is 0 Å². The van der Waals surface area contributed by atoms with Gasteiger partial charge in [-0.3, -0.25) is 4.79 Å². The van der Waals surface area contributed by atoms with E-state index in [0.717, 1.165) is 18.6 Å². The Hall–Kier alpha value is -1.77. The Morgan fingerprint density at radius 3 is 2.94 bits per heavy atom. The maximum Gasteiger partial charge on any atom is 0.302 e. The van der Waals surface area contributed by atoms with E-state index in [1.165, 1.54) is 23.6 Å². The van der Waals surface area contributed by atoms with Crippen molar-refractivity contribution >= 4 is 11.5 Å². The third-order valence-corrected chi connectivity index (χ3v) is 2.94. The first-order chi connectivity index (χ1) is 8.20. The molecule has 90 valence electrons. The van der Waals surface area contributed by atoms with Gasteiger partial charge in [0, 0.05) is 6.92 Å². The highest BCUT2D eigenvalue weighted by Crippen LogP contribution is 2.34. The van der Waals surface area contributed by atoms with Crippen molar-refractivity contribution in [1.29, 1.82) is 0 Å². The molecule has 0 N–H and O–H groups in total. The number of methoxy groups -OCH3 is 1. The van der Waals surface area contributed by atoms with Gasteiger partial charge in [0.15, 0.2) is 0 Å². The van der Waals surface area contributed by atoms with Crippen LogP contribution < -0.4 is 4.74 Å². The standard InChI is InChI=1S/C14H16O3/c1-10(15)17-8-7-11-3-4-12-9-13(16-2)5-6-14(11)12/h5-7,9H,3-4,8H2,1-2H3/b11-7+. The number of carbonyl (C=O) groups is 1. The molecule has 17 heavy (non-hydrogen) atoms. The van der Waals surface area contributed by atoms with E-state index < -0.39 is 0 Å². The van der Waals surface area contributed by atoms with Crippen LogP contribution in [0.3, 0.4) is 0 Å². The Bertz CT molecular complexity index is 461. The van der Waals surface area contributed by atoms with Crippen LogP contribution in [0.15, 0.2) is 24.3 Å². The normalized spacial score (nSPS) is 15.8. The van der Waals surface area contributed by atoms with E-state index in [1.807, 2.05) is 12.1 Å². The first-order valence-corrected chi connectivity index (χ1v) is 5.70. The number of aryl methyl sites for hydroxylation is 1. The van der Waals surface area contributed by atoms with E-state index in [0.29, 0.717) is 6.61 Å². The fourth-order valence-corrected chi connectivity index (χ4v) is 2.09. The highest BCUT2D eigenvalue weighted by Gasteiger charge is 2.16. The lowest BCUT2D eigenvalue weighted by Gasteiger charge is -2.04. The van der Waals surface area contributed by atoms with Crippen LogP contribution in [-0.2, 0) is 16.0 Å². The summed E-state index contributed by atoms with van der Waals surface area (Å²) < 4.78 is 10.1. The summed E-state index contributed by atoms with van der Waals surface area (Å²) in [7, 11) is 1.67. The minimum Gasteiger partial charge on any atom is -0.497 e. The first-order valence-electron chi connectivity index (χ1n) is 5.70. The lowest BCUT2D eigenvalue weighted by Crippen LogP contribution is -1.98. The van der Waals surface area contributed by atoms with Crippen LogP contribution >= 0.6 is 0 Å². The second-order valence-electron chi connectivity index (χ2n) is 4.06. The van der Waals surface area contributed by atoms with Crippen LogP contribution in [0.1, 0.15) is 24.5 Å². The predicted molar refractivity (Wildman–Crippen MR) is 65.9 cm³/mol. The molecule has 0 bridgehead atoms. The maximum absolute atomic E-state index is 10.7. The third kappa shape index (κ3) is 2.67. The Morgan fingerprint density at radius 1 is 1.41 bits per heavy atom. The summed E-state index contributed by atoms with van der Waals surface area (Å²) in [5.41, 5.74) is 3.81. The lowest BCUT2D eigenvalue weighted by molar-refractivity contribution is -0.139. The van der Waals surface area contributed by atoms with Gasteiger partial charge in [-0.05, 0) is 47.8 Å². The minimum absolute atomic E-state index is 0.241. The van der Waals surface area contributed by atoms with Gasteiger partial charge in [0.25, 0.3) is 0 Å². The zero-order valence-electron chi connectivity index (χ0n) is 10.2. The van der Waals surface area contributed by atoms with Gasteiger partial charge in [0.2, 0.25) is 0 Å². The highest BCUT2D eigenvalue weighted by molar-refractivity contribution is 5.73. The van der Waals surface area contributed by atoms with Crippen molar-refractivity contribution in [1.82, 2.24) is 0 Å². The fraction of sp³-hybridized carbons (Fsp3) is 0.357. The van der Waals surface area contributed by atoms with Gasteiger partial charge >= 0.3 is 5.97 Å². The molecule has 0 heterocycles. The van der Waals surface area contributed by atoms with E-state index in [4.69, 9.17) is 9.47 Å². The number of fused-ring (bicyclic) bond motifs is 1. The summed E-state index contributed by atoms with van der Waals surface area (Å²) in [6.07, 6.45) is 4.02. The zero-order valence-corrected chi connectivity index (χ0v) is 10.2. The molecule has 0 atom stereocenters. The monoisotopic (exact) mass is 232 g/mol. The summed E-state index contributed by atoms with van der Waals surface area (Å²) in [5, 5.41) is 0. The molecule has 2 rings (SSSR count). The molecule has 0 aliphatic heterocycles. The molecule has 1 aliphatic carbocycles. The Balaban J connectivity index is 2.14. The highest BCUT2D eigenvalue weighted by atomic mass is 16.5. The molecule has 3 nitrogen and oxygen atoms in total. The average molecular weight is 232 g/mol. The summed E-state index contributed by atoms with van der Waals surface area (Å²) in [6.45, 7) is 1.78. The molecule has 0 fully saturated rings. The number of carbonyl (C=O) groups excluding carboxylic acids is 1. The van der Waals surface area contributed by atoms with Crippen molar-refractivity contribution in [2.75, 3.05) is 13.7 Å². The van der Waals surface area contributed by atoms with Crippen LogP contribution in [0.2, 0.25) is 0 Å². The fourth-order valence-electron chi connectivity index (χ4n) is 2.09. The van der Waals surface area contributed by atoms with E-state index in [1.54, 1.807) is 7.11 Å². The quantitative estimate of drug-likeness (QED) is 0.751. The van der Waals surface area contributed by atoms with Crippen molar-refractivity contribution in [3.8, 4) is 5.75 Å². The predicted octanol–water partition coefficient (Wildman–Crippen LogP) is 2.59. The number of benzene rings is 1. The van der Waals surface area contributed by atoms with Gasteiger partial charge in [-0.15, -0.1) is 0 Å². The third-order valence-electron chi connectivity index (χ3n) is 2.94. The molecule has 0 unspecified atom stereocenters. The smallest absolute Gasteiger partial charge is 0.302 e. The van der Waals surface area contributed by atoms with Crippen LogP contribution in [0.25, 0.3) is 5.57 Å². The number of esters is 1. The summed E-state index contributed by atoms with van der Waals surface area (Å²) in [6, 6.07) is 6.10. The van der Waals surface area contributed by atoms with E-state index in [9.17, 15) is 4.79 Å². The molecule has 0 amide bonds. The second-order valence-corrected chi connectivity index (χ2v) is 4.06. The molecule has 1 aliphatic rings. The molecule has 1 aromatic carbocycles. The second kappa shape index (κ2) is 5.04. The zero-order chi connectivity index (χ0) is 12.3. The number of rotatable bonds is 3. The van der Waals surface area contributed by atoms with Gasteiger partial charge in [-0.1, -0.05) is 6.07 Å². The molecular formula is C14H16O3. The van der Waals surface area contributed by atoms with Crippen molar-refractivity contribution in [2.45, 2.75) is 19.8 Å².